The fourth-order valence-corrected chi connectivity index (χ4v) is 3.78. The van der Waals surface area contributed by atoms with Gasteiger partial charge in [0.05, 0.1) is 10.1 Å². The molecule has 3 nitrogen and oxygen atoms in total. The molecule has 19 heavy (non-hydrogen) atoms. The van der Waals surface area contributed by atoms with Crippen LogP contribution in [0.4, 0.5) is 0 Å². The summed E-state index contributed by atoms with van der Waals surface area (Å²) in [6.45, 7) is 1.59. The molecule has 0 amide bonds. The summed E-state index contributed by atoms with van der Waals surface area (Å²) in [5, 5.41) is 0.0497. The van der Waals surface area contributed by atoms with Crippen molar-refractivity contribution >= 4 is 33.0 Å². The largest absolute Gasteiger partial charge is 0.263 e. The van der Waals surface area contributed by atoms with Crippen molar-refractivity contribution in [3.63, 3.8) is 0 Å². The Kier molecular flexibility index (Phi) is 4.13. The van der Waals surface area contributed by atoms with Crippen molar-refractivity contribution in [2.45, 2.75) is 17.1 Å². The molecule has 1 aromatic carbocycles. The van der Waals surface area contributed by atoms with Crippen molar-refractivity contribution in [3.8, 4) is 0 Å². The standard InChI is InChI=1S/C13H11Cl2NO2S/c1-9(12-5-4-10(14)7-13(12)15)19(17,18)11-3-2-6-16-8-11/h2-9H,1H3. The number of aromatic nitrogens is 1. The van der Waals surface area contributed by atoms with Gasteiger partial charge in [0, 0.05) is 22.4 Å². The number of hydrogen-bond donors (Lipinski definition) is 0. The zero-order valence-electron chi connectivity index (χ0n) is 10.0. The van der Waals surface area contributed by atoms with Crippen LogP contribution in [0.1, 0.15) is 17.7 Å². The lowest BCUT2D eigenvalue weighted by molar-refractivity contribution is 0.586. The summed E-state index contributed by atoms with van der Waals surface area (Å²) in [7, 11) is -3.52. The number of nitrogens with zero attached hydrogens (tertiary/aromatic N) is 1. The van der Waals surface area contributed by atoms with Gasteiger partial charge < -0.3 is 0 Å². The zero-order valence-corrected chi connectivity index (χ0v) is 12.4. The van der Waals surface area contributed by atoms with Crippen LogP contribution in [-0.2, 0) is 9.84 Å². The first kappa shape index (κ1) is 14.3. The molecule has 0 aliphatic carbocycles. The Morgan fingerprint density at radius 1 is 1.21 bits per heavy atom. The average Bonchev–Trinajstić information content (AvgIpc) is 2.39. The minimum atomic E-state index is -3.52. The first-order valence-electron chi connectivity index (χ1n) is 5.52. The monoisotopic (exact) mass is 315 g/mol. The summed E-state index contributed by atoms with van der Waals surface area (Å²) in [6.07, 6.45) is 2.86. The van der Waals surface area contributed by atoms with Crippen molar-refractivity contribution in [1.29, 1.82) is 0 Å². The summed E-state index contributed by atoms with van der Waals surface area (Å²) >= 11 is 11.9. The summed E-state index contributed by atoms with van der Waals surface area (Å²) in [6, 6.07) is 7.89. The first-order chi connectivity index (χ1) is 8.93. The van der Waals surface area contributed by atoms with E-state index in [1.165, 1.54) is 24.5 Å². The van der Waals surface area contributed by atoms with Gasteiger partial charge in [-0.25, -0.2) is 8.42 Å². The van der Waals surface area contributed by atoms with Gasteiger partial charge in [0.25, 0.3) is 0 Å². The van der Waals surface area contributed by atoms with Crippen molar-refractivity contribution in [2.75, 3.05) is 0 Å². The van der Waals surface area contributed by atoms with Crippen LogP contribution in [0.3, 0.4) is 0 Å². The number of hydrogen-bond acceptors (Lipinski definition) is 3. The molecule has 0 fully saturated rings. The fraction of sp³-hybridized carbons (Fsp3) is 0.154. The maximum atomic E-state index is 12.4. The molecular weight excluding hydrogens is 305 g/mol. The normalized spacial score (nSPS) is 13.2. The van der Waals surface area contributed by atoms with Gasteiger partial charge in [0.2, 0.25) is 0 Å². The molecule has 1 unspecified atom stereocenters. The minimum Gasteiger partial charge on any atom is -0.263 e. The van der Waals surface area contributed by atoms with Crippen LogP contribution in [0, 0.1) is 0 Å². The van der Waals surface area contributed by atoms with Crippen LogP contribution in [-0.4, -0.2) is 13.4 Å². The Labute approximate surface area is 122 Å². The third-order valence-electron chi connectivity index (χ3n) is 2.83. The highest BCUT2D eigenvalue weighted by atomic mass is 35.5. The SMILES string of the molecule is CC(c1ccc(Cl)cc1Cl)S(=O)(=O)c1cccnc1. The molecule has 100 valence electrons. The van der Waals surface area contributed by atoms with E-state index in [9.17, 15) is 8.42 Å². The van der Waals surface area contributed by atoms with E-state index in [0.717, 1.165) is 0 Å². The van der Waals surface area contributed by atoms with Crippen molar-refractivity contribution in [3.05, 3.63) is 58.3 Å². The van der Waals surface area contributed by atoms with Crippen LogP contribution in [0.15, 0.2) is 47.6 Å². The smallest absolute Gasteiger partial charge is 0.186 e. The molecule has 6 heteroatoms. The lowest BCUT2D eigenvalue weighted by Gasteiger charge is -2.14. The van der Waals surface area contributed by atoms with Crippen LogP contribution < -0.4 is 0 Å². The molecule has 0 radical (unpaired) electrons. The van der Waals surface area contributed by atoms with E-state index < -0.39 is 15.1 Å². The van der Waals surface area contributed by atoms with Crippen molar-refractivity contribution in [1.82, 2.24) is 4.98 Å². The topological polar surface area (TPSA) is 47.0 Å². The summed E-state index contributed by atoms with van der Waals surface area (Å²) < 4.78 is 24.9. The molecular formula is C13H11Cl2NO2S. The van der Waals surface area contributed by atoms with E-state index in [4.69, 9.17) is 23.2 Å². The molecule has 2 aromatic rings. The lowest BCUT2D eigenvalue weighted by Crippen LogP contribution is -2.11. The molecule has 0 aliphatic rings. The molecule has 0 N–H and O–H groups in total. The fourth-order valence-electron chi connectivity index (χ4n) is 1.72. The predicted molar refractivity (Wildman–Crippen MR) is 76.3 cm³/mol. The average molecular weight is 316 g/mol. The van der Waals surface area contributed by atoms with Crippen LogP contribution in [0.5, 0.6) is 0 Å². The van der Waals surface area contributed by atoms with E-state index in [2.05, 4.69) is 4.98 Å². The number of pyridine rings is 1. The number of sulfone groups is 1. The molecule has 2 rings (SSSR count). The molecule has 1 atom stereocenters. The summed E-state index contributed by atoms with van der Waals surface area (Å²) in [4.78, 5) is 4.00. The highest BCUT2D eigenvalue weighted by Gasteiger charge is 2.26. The Morgan fingerprint density at radius 3 is 2.53 bits per heavy atom. The van der Waals surface area contributed by atoms with Gasteiger partial charge in [-0.05, 0) is 36.8 Å². The highest BCUT2D eigenvalue weighted by molar-refractivity contribution is 7.91. The second-order valence-corrected chi connectivity index (χ2v) is 7.15. The minimum absolute atomic E-state index is 0.175. The third-order valence-corrected chi connectivity index (χ3v) is 5.47. The maximum Gasteiger partial charge on any atom is 0.186 e. The second kappa shape index (κ2) is 5.49. The molecule has 0 bridgehead atoms. The Morgan fingerprint density at radius 2 is 1.95 bits per heavy atom. The van der Waals surface area contributed by atoms with Gasteiger partial charge in [-0.2, -0.15) is 0 Å². The van der Waals surface area contributed by atoms with Gasteiger partial charge in [0.1, 0.15) is 0 Å². The van der Waals surface area contributed by atoms with Gasteiger partial charge in [0.15, 0.2) is 9.84 Å². The maximum absolute atomic E-state index is 12.4. The van der Waals surface area contributed by atoms with E-state index in [-0.39, 0.29) is 4.90 Å². The van der Waals surface area contributed by atoms with Crippen LogP contribution >= 0.6 is 23.2 Å². The molecule has 0 saturated carbocycles. The predicted octanol–water partition coefficient (Wildman–Crippen LogP) is 3.92. The van der Waals surface area contributed by atoms with E-state index >= 15 is 0 Å². The van der Waals surface area contributed by atoms with Gasteiger partial charge in [-0.15, -0.1) is 0 Å². The van der Waals surface area contributed by atoms with E-state index in [1.807, 2.05) is 0 Å². The number of halogens is 2. The Hall–Kier alpha value is -1.10. The quantitative estimate of drug-likeness (QED) is 0.862. The van der Waals surface area contributed by atoms with Crippen molar-refractivity contribution < 1.29 is 8.42 Å². The molecule has 1 aromatic heterocycles. The van der Waals surface area contributed by atoms with Gasteiger partial charge in [-0.1, -0.05) is 29.3 Å². The zero-order chi connectivity index (χ0) is 14.0. The summed E-state index contributed by atoms with van der Waals surface area (Å²) in [5.41, 5.74) is 0.523. The molecule has 1 heterocycles. The molecule has 0 saturated heterocycles. The van der Waals surface area contributed by atoms with E-state index in [1.54, 1.807) is 25.1 Å². The Bertz CT molecular complexity index is 687. The second-order valence-electron chi connectivity index (χ2n) is 4.04. The van der Waals surface area contributed by atoms with Crippen molar-refractivity contribution in [2.24, 2.45) is 0 Å². The third kappa shape index (κ3) is 2.91. The van der Waals surface area contributed by atoms with Gasteiger partial charge >= 0.3 is 0 Å². The number of benzene rings is 1. The van der Waals surface area contributed by atoms with Gasteiger partial charge in [-0.3, -0.25) is 4.98 Å². The molecule has 0 spiro atoms. The number of rotatable bonds is 3. The highest BCUT2D eigenvalue weighted by Crippen LogP contribution is 2.33. The van der Waals surface area contributed by atoms with E-state index in [0.29, 0.717) is 15.6 Å². The summed E-state index contributed by atoms with van der Waals surface area (Å²) in [5.74, 6) is 0. The Balaban J connectivity index is 2.47. The lowest BCUT2D eigenvalue weighted by atomic mass is 10.2. The molecule has 0 aliphatic heterocycles. The first-order valence-corrected chi connectivity index (χ1v) is 7.82. The van der Waals surface area contributed by atoms with Crippen LogP contribution in [0.2, 0.25) is 10.0 Å². The van der Waals surface area contributed by atoms with Crippen LogP contribution in [0.25, 0.3) is 0 Å².